The van der Waals surface area contributed by atoms with Gasteiger partial charge in [-0.25, -0.2) is 0 Å². The largest absolute Gasteiger partial charge is 0.481 e. The van der Waals surface area contributed by atoms with E-state index in [0.717, 1.165) is 11.1 Å². The van der Waals surface area contributed by atoms with E-state index in [1.807, 2.05) is 30.3 Å². The fourth-order valence-corrected chi connectivity index (χ4v) is 2.57. The number of carbonyl (C=O) groups is 2. The molecule has 1 unspecified atom stereocenters. The van der Waals surface area contributed by atoms with Gasteiger partial charge >= 0.3 is 12.6 Å². The maximum absolute atomic E-state index is 12.1. The molecule has 0 fully saturated rings. The minimum absolute atomic E-state index is 0.0459. The SMILES string of the molecule is O=C(CCc1ccc(OC(F)F)cc1)NCC(Cc1ccccc1)C(=O)O. The number of carbonyl (C=O) groups excluding carboxylic acids is 1. The van der Waals surface area contributed by atoms with E-state index in [1.165, 1.54) is 12.1 Å². The highest BCUT2D eigenvalue weighted by Crippen LogP contribution is 2.16. The zero-order chi connectivity index (χ0) is 19.6. The molecule has 2 aromatic carbocycles. The van der Waals surface area contributed by atoms with E-state index in [0.29, 0.717) is 12.8 Å². The molecule has 0 spiro atoms. The lowest BCUT2D eigenvalue weighted by molar-refractivity contribution is -0.141. The van der Waals surface area contributed by atoms with Gasteiger partial charge in [0.15, 0.2) is 0 Å². The highest BCUT2D eigenvalue weighted by atomic mass is 19.3. The summed E-state index contributed by atoms with van der Waals surface area (Å²) in [5.74, 6) is -1.87. The molecule has 2 rings (SSSR count). The van der Waals surface area contributed by atoms with E-state index in [1.54, 1.807) is 12.1 Å². The van der Waals surface area contributed by atoms with Crippen LogP contribution in [0.1, 0.15) is 17.5 Å². The molecule has 0 heterocycles. The molecule has 27 heavy (non-hydrogen) atoms. The second kappa shape index (κ2) is 10.3. The first-order chi connectivity index (χ1) is 12.9. The number of benzene rings is 2. The Hall–Kier alpha value is -2.96. The second-order valence-electron chi connectivity index (χ2n) is 6.05. The third-order valence-corrected chi connectivity index (χ3v) is 4.01. The standard InChI is InChI=1S/C20H21F2NO4/c21-20(22)27-17-9-6-14(7-10-17)8-11-18(24)23-13-16(19(25)26)12-15-4-2-1-3-5-15/h1-7,9-10,16,20H,8,11-13H2,(H,23,24)(H,25,26). The van der Waals surface area contributed by atoms with Crippen molar-refractivity contribution in [1.82, 2.24) is 5.32 Å². The van der Waals surface area contributed by atoms with Crippen molar-refractivity contribution < 1.29 is 28.2 Å². The van der Waals surface area contributed by atoms with Crippen molar-refractivity contribution >= 4 is 11.9 Å². The highest BCUT2D eigenvalue weighted by molar-refractivity contribution is 5.77. The Morgan fingerprint density at radius 2 is 1.67 bits per heavy atom. The number of ether oxygens (including phenoxy) is 1. The molecule has 0 aliphatic heterocycles. The summed E-state index contributed by atoms with van der Waals surface area (Å²) in [7, 11) is 0. The van der Waals surface area contributed by atoms with Gasteiger partial charge in [-0.1, -0.05) is 42.5 Å². The van der Waals surface area contributed by atoms with Crippen molar-refractivity contribution in [3.8, 4) is 5.75 Å². The van der Waals surface area contributed by atoms with Gasteiger partial charge in [-0.2, -0.15) is 8.78 Å². The first kappa shape index (κ1) is 20.4. The first-order valence-electron chi connectivity index (χ1n) is 8.51. The van der Waals surface area contributed by atoms with Gasteiger partial charge in [-0.15, -0.1) is 0 Å². The Bertz CT molecular complexity index is 735. The van der Waals surface area contributed by atoms with Crippen molar-refractivity contribution in [3.05, 3.63) is 65.7 Å². The van der Waals surface area contributed by atoms with E-state index in [2.05, 4.69) is 10.1 Å². The molecule has 0 aliphatic rings. The van der Waals surface area contributed by atoms with Crippen LogP contribution < -0.4 is 10.1 Å². The summed E-state index contributed by atoms with van der Waals surface area (Å²) in [6.07, 6.45) is 0.923. The molecule has 0 saturated carbocycles. The summed E-state index contributed by atoms with van der Waals surface area (Å²) in [6, 6.07) is 15.3. The Balaban J connectivity index is 1.77. The summed E-state index contributed by atoms with van der Waals surface area (Å²) in [5, 5.41) is 12.0. The van der Waals surface area contributed by atoms with Gasteiger partial charge in [-0.3, -0.25) is 9.59 Å². The molecule has 0 saturated heterocycles. The Kier molecular flexibility index (Phi) is 7.73. The number of aryl methyl sites for hydroxylation is 1. The van der Waals surface area contributed by atoms with E-state index >= 15 is 0 Å². The van der Waals surface area contributed by atoms with Crippen LogP contribution in [0, 0.1) is 5.92 Å². The predicted octanol–water partition coefficient (Wildman–Crippen LogP) is 3.28. The van der Waals surface area contributed by atoms with E-state index in [9.17, 15) is 23.5 Å². The molecule has 5 nitrogen and oxygen atoms in total. The molecule has 2 aromatic rings. The summed E-state index contributed by atoms with van der Waals surface area (Å²) in [4.78, 5) is 23.4. The van der Waals surface area contributed by atoms with Crippen LogP contribution in [0.5, 0.6) is 5.75 Å². The van der Waals surface area contributed by atoms with Crippen molar-refractivity contribution in [2.45, 2.75) is 25.9 Å². The molecule has 0 radical (unpaired) electrons. The minimum atomic E-state index is -2.88. The zero-order valence-corrected chi connectivity index (χ0v) is 14.6. The molecule has 1 amide bonds. The van der Waals surface area contributed by atoms with E-state index in [-0.39, 0.29) is 24.6 Å². The van der Waals surface area contributed by atoms with Crippen molar-refractivity contribution in [2.75, 3.05) is 6.54 Å². The summed E-state index contributed by atoms with van der Waals surface area (Å²) in [5.41, 5.74) is 1.69. The summed E-state index contributed by atoms with van der Waals surface area (Å²) < 4.78 is 28.5. The van der Waals surface area contributed by atoms with Crippen LogP contribution >= 0.6 is 0 Å². The van der Waals surface area contributed by atoms with Gasteiger partial charge < -0.3 is 15.2 Å². The number of hydrogen-bond donors (Lipinski definition) is 2. The lowest BCUT2D eigenvalue weighted by Crippen LogP contribution is -2.34. The average molecular weight is 377 g/mol. The third kappa shape index (κ3) is 7.43. The summed E-state index contributed by atoms with van der Waals surface area (Å²) in [6.45, 7) is -2.83. The lowest BCUT2D eigenvalue weighted by atomic mass is 9.99. The van der Waals surface area contributed by atoms with Crippen molar-refractivity contribution in [2.24, 2.45) is 5.92 Å². The van der Waals surface area contributed by atoms with Crippen LogP contribution in [-0.2, 0) is 22.4 Å². The Labute approximate surface area is 156 Å². The van der Waals surface area contributed by atoms with Gasteiger partial charge in [0.2, 0.25) is 5.91 Å². The van der Waals surface area contributed by atoms with Gasteiger partial charge in [-0.05, 0) is 36.1 Å². The molecular formula is C20H21F2NO4. The summed E-state index contributed by atoms with van der Waals surface area (Å²) >= 11 is 0. The number of carboxylic acids is 1. The topological polar surface area (TPSA) is 75.6 Å². The molecule has 7 heteroatoms. The van der Waals surface area contributed by atoms with Crippen LogP contribution in [-0.4, -0.2) is 30.1 Å². The molecular weight excluding hydrogens is 356 g/mol. The highest BCUT2D eigenvalue weighted by Gasteiger charge is 2.18. The number of nitrogens with one attached hydrogen (secondary N) is 1. The smallest absolute Gasteiger partial charge is 0.387 e. The van der Waals surface area contributed by atoms with Crippen LogP contribution in [0.4, 0.5) is 8.78 Å². The van der Waals surface area contributed by atoms with Crippen LogP contribution in [0.25, 0.3) is 0 Å². The van der Waals surface area contributed by atoms with Crippen LogP contribution in [0.15, 0.2) is 54.6 Å². The fraction of sp³-hybridized carbons (Fsp3) is 0.300. The Morgan fingerprint density at radius 3 is 2.26 bits per heavy atom. The molecule has 1 atom stereocenters. The van der Waals surface area contributed by atoms with Gasteiger partial charge in [0.05, 0.1) is 5.92 Å². The van der Waals surface area contributed by atoms with E-state index < -0.39 is 18.5 Å². The molecule has 0 bridgehead atoms. The van der Waals surface area contributed by atoms with E-state index in [4.69, 9.17) is 0 Å². The molecule has 144 valence electrons. The van der Waals surface area contributed by atoms with Gasteiger partial charge in [0, 0.05) is 13.0 Å². The average Bonchev–Trinajstić information content (AvgIpc) is 2.64. The predicted molar refractivity (Wildman–Crippen MR) is 95.7 cm³/mol. The number of amides is 1. The third-order valence-electron chi connectivity index (χ3n) is 4.01. The van der Waals surface area contributed by atoms with Crippen LogP contribution in [0.2, 0.25) is 0 Å². The van der Waals surface area contributed by atoms with Crippen LogP contribution in [0.3, 0.4) is 0 Å². The number of halogens is 2. The van der Waals surface area contributed by atoms with Gasteiger partial charge in [0.1, 0.15) is 5.75 Å². The number of alkyl halides is 2. The second-order valence-corrected chi connectivity index (χ2v) is 6.05. The number of rotatable bonds is 10. The maximum atomic E-state index is 12.1. The first-order valence-corrected chi connectivity index (χ1v) is 8.51. The zero-order valence-electron chi connectivity index (χ0n) is 14.6. The normalized spacial score (nSPS) is 11.8. The molecule has 0 aliphatic carbocycles. The minimum Gasteiger partial charge on any atom is -0.481 e. The quantitative estimate of drug-likeness (QED) is 0.666. The van der Waals surface area contributed by atoms with Crippen molar-refractivity contribution in [1.29, 1.82) is 0 Å². The lowest BCUT2D eigenvalue weighted by Gasteiger charge is -2.13. The number of aliphatic carboxylic acids is 1. The molecule has 0 aromatic heterocycles. The maximum Gasteiger partial charge on any atom is 0.387 e. The molecule has 2 N–H and O–H groups in total. The number of carboxylic acid groups (broad SMARTS) is 1. The van der Waals surface area contributed by atoms with Crippen molar-refractivity contribution in [3.63, 3.8) is 0 Å². The number of hydrogen-bond acceptors (Lipinski definition) is 3. The Morgan fingerprint density at radius 1 is 1.00 bits per heavy atom. The van der Waals surface area contributed by atoms with Gasteiger partial charge in [0.25, 0.3) is 0 Å². The monoisotopic (exact) mass is 377 g/mol. The fourth-order valence-electron chi connectivity index (χ4n) is 2.57.